The number of rotatable bonds is 8. The third kappa shape index (κ3) is 4.20. The van der Waals surface area contributed by atoms with E-state index in [4.69, 9.17) is 19.9 Å². The quantitative estimate of drug-likeness (QED) is 0.731. The maximum Gasteiger partial charge on any atom is 0.119 e. The summed E-state index contributed by atoms with van der Waals surface area (Å²) >= 11 is 0. The van der Waals surface area contributed by atoms with E-state index in [9.17, 15) is 0 Å². The van der Waals surface area contributed by atoms with Gasteiger partial charge in [-0.1, -0.05) is 6.07 Å². The predicted octanol–water partition coefficient (Wildman–Crippen LogP) is 2.06. The van der Waals surface area contributed by atoms with Crippen LogP contribution in [0.3, 0.4) is 0 Å². The summed E-state index contributed by atoms with van der Waals surface area (Å²) in [6.45, 7) is 2.68. The number of hydrogen-bond donors (Lipinski definition) is 1. The second-order valence-corrected chi connectivity index (χ2v) is 4.81. The average Bonchev–Trinajstić information content (AvgIpc) is 2.79. The van der Waals surface area contributed by atoms with Crippen LogP contribution in [0.2, 0.25) is 0 Å². The lowest BCUT2D eigenvalue weighted by Crippen LogP contribution is -2.07. The van der Waals surface area contributed by atoms with Gasteiger partial charge in [-0.15, -0.1) is 0 Å². The Bertz CT molecular complexity index is 395. The van der Waals surface area contributed by atoms with E-state index in [1.807, 2.05) is 6.07 Å². The van der Waals surface area contributed by atoms with E-state index >= 15 is 0 Å². The molecule has 0 bridgehead atoms. The zero-order valence-electron chi connectivity index (χ0n) is 11.6. The van der Waals surface area contributed by atoms with Gasteiger partial charge < -0.3 is 19.9 Å². The monoisotopic (exact) mass is 265 g/mol. The summed E-state index contributed by atoms with van der Waals surface area (Å²) in [4.78, 5) is 0. The minimum Gasteiger partial charge on any atom is -0.493 e. The number of nitrogens with two attached hydrogens (primary N) is 1. The van der Waals surface area contributed by atoms with Crippen molar-refractivity contribution in [2.45, 2.75) is 25.3 Å². The Labute approximate surface area is 114 Å². The molecule has 0 spiro atoms. The zero-order valence-corrected chi connectivity index (χ0v) is 11.6. The van der Waals surface area contributed by atoms with E-state index in [0.29, 0.717) is 26.4 Å². The highest BCUT2D eigenvalue weighted by atomic mass is 16.5. The summed E-state index contributed by atoms with van der Waals surface area (Å²) in [6, 6.07) is 6.43. The Kier molecular flexibility index (Phi) is 5.63. The molecule has 0 saturated carbocycles. The van der Waals surface area contributed by atoms with Crippen molar-refractivity contribution in [3.05, 3.63) is 29.3 Å². The number of aryl methyl sites for hydroxylation is 1. The minimum atomic E-state index is 0.207. The number of ether oxygens (including phenoxy) is 3. The molecule has 0 saturated heterocycles. The fourth-order valence-corrected chi connectivity index (χ4v) is 2.31. The van der Waals surface area contributed by atoms with Gasteiger partial charge in [0.25, 0.3) is 0 Å². The largest absolute Gasteiger partial charge is 0.493 e. The summed E-state index contributed by atoms with van der Waals surface area (Å²) in [7, 11) is 1.67. The molecule has 0 aromatic heterocycles. The first-order chi connectivity index (χ1) is 9.31. The predicted molar refractivity (Wildman–Crippen MR) is 74.5 cm³/mol. The first-order valence-corrected chi connectivity index (χ1v) is 6.89. The first kappa shape index (κ1) is 14.3. The summed E-state index contributed by atoms with van der Waals surface area (Å²) in [5, 5.41) is 0. The van der Waals surface area contributed by atoms with Gasteiger partial charge in [0.05, 0.1) is 19.8 Å². The van der Waals surface area contributed by atoms with E-state index < -0.39 is 0 Å². The van der Waals surface area contributed by atoms with Crippen molar-refractivity contribution >= 4 is 0 Å². The smallest absolute Gasteiger partial charge is 0.119 e. The molecule has 0 heterocycles. The Morgan fingerprint density at radius 1 is 1.21 bits per heavy atom. The number of methoxy groups -OCH3 is 1. The van der Waals surface area contributed by atoms with Gasteiger partial charge in [0.1, 0.15) is 5.75 Å². The van der Waals surface area contributed by atoms with E-state index in [2.05, 4.69) is 12.1 Å². The lowest BCUT2D eigenvalue weighted by Gasteiger charge is -2.09. The molecule has 0 aliphatic heterocycles. The van der Waals surface area contributed by atoms with Gasteiger partial charge in [0.15, 0.2) is 0 Å². The topological polar surface area (TPSA) is 53.7 Å². The van der Waals surface area contributed by atoms with Crippen molar-refractivity contribution in [2.24, 2.45) is 5.73 Å². The SMILES string of the molecule is COCCOCCCOc1ccc2c(c1)CC[C@@H]2N. The van der Waals surface area contributed by atoms with Crippen molar-refractivity contribution in [3.63, 3.8) is 0 Å². The molecule has 1 aliphatic carbocycles. The Morgan fingerprint density at radius 3 is 2.95 bits per heavy atom. The van der Waals surface area contributed by atoms with Crippen LogP contribution in [-0.4, -0.2) is 33.5 Å². The van der Waals surface area contributed by atoms with E-state index in [1.54, 1.807) is 7.11 Å². The van der Waals surface area contributed by atoms with Crippen LogP contribution in [0, 0.1) is 0 Å². The van der Waals surface area contributed by atoms with Gasteiger partial charge in [-0.2, -0.15) is 0 Å². The third-order valence-electron chi connectivity index (χ3n) is 3.37. The van der Waals surface area contributed by atoms with E-state index in [-0.39, 0.29) is 6.04 Å². The Balaban J connectivity index is 1.67. The van der Waals surface area contributed by atoms with Crippen molar-refractivity contribution in [1.29, 1.82) is 0 Å². The molecule has 1 aromatic rings. The lowest BCUT2D eigenvalue weighted by molar-refractivity contribution is 0.0644. The molecule has 106 valence electrons. The van der Waals surface area contributed by atoms with Gasteiger partial charge in [-0.05, 0) is 36.1 Å². The van der Waals surface area contributed by atoms with Crippen LogP contribution in [0.25, 0.3) is 0 Å². The molecule has 4 heteroatoms. The second-order valence-electron chi connectivity index (χ2n) is 4.81. The van der Waals surface area contributed by atoms with Gasteiger partial charge >= 0.3 is 0 Å². The molecular weight excluding hydrogens is 242 g/mol. The average molecular weight is 265 g/mol. The summed E-state index contributed by atoms with van der Waals surface area (Å²) in [5.41, 5.74) is 8.62. The maximum atomic E-state index is 6.01. The van der Waals surface area contributed by atoms with E-state index in [0.717, 1.165) is 25.0 Å². The summed E-state index contributed by atoms with van der Waals surface area (Å²) < 4.78 is 16.0. The molecule has 0 fully saturated rings. The maximum absolute atomic E-state index is 6.01. The molecule has 1 aromatic carbocycles. The summed E-state index contributed by atoms with van der Waals surface area (Å²) in [6.07, 6.45) is 3.00. The normalized spacial score (nSPS) is 17.5. The first-order valence-electron chi connectivity index (χ1n) is 6.89. The molecule has 2 N–H and O–H groups in total. The van der Waals surface area contributed by atoms with Crippen molar-refractivity contribution in [3.8, 4) is 5.75 Å². The highest BCUT2D eigenvalue weighted by Gasteiger charge is 2.18. The van der Waals surface area contributed by atoms with Crippen LogP contribution in [0.15, 0.2) is 18.2 Å². The molecule has 1 aliphatic rings. The Hall–Kier alpha value is -1.10. The van der Waals surface area contributed by atoms with Crippen LogP contribution < -0.4 is 10.5 Å². The summed E-state index contributed by atoms with van der Waals surface area (Å²) in [5.74, 6) is 0.935. The molecule has 0 radical (unpaired) electrons. The number of fused-ring (bicyclic) bond motifs is 1. The molecule has 1 atom stereocenters. The van der Waals surface area contributed by atoms with Crippen molar-refractivity contribution < 1.29 is 14.2 Å². The second kappa shape index (κ2) is 7.48. The fraction of sp³-hybridized carbons (Fsp3) is 0.600. The van der Waals surface area contributed by atoms with Crippen molar-refractivity contribution in [2.75, 3.05) is 33.5 Å². The van der Waals surface area contributed by atoms with Crippen LogP contribution in [0.1, 0.15) is 30.0 Å². The standard InChI is InChI=1S/C15H23NO3/c1-17-9-10-18-7-2-8-19-13-4-5-14-12(11-13)3-6-15(14)16/h4-5,11,15H,2-3,6-10,16H2,1H3/t15-/m0/s1. The number of hydrogen-bond acceptors (Lipinski definition) is 4. The minimum absolute atomic E-state index is 0.207. The fourth-order valence-electron chi connectivity index (χ4n) is 2.31. The highest BCUT2D eigenvalue weighted by molar-refractivity contribution is 5.40. The molecule has 19 heavy (non-hydrogen) atoms. The van der Waals surface area contributed by atoms with Gasteiger partial charge in [-0.3, -0.25) is 0 Å². The highest BCUT2D eigenvalue weighted by Crippen LogP contribution is 2.31. The van der Waals surface area contributed by atoms with Gasteiger partial charge in [0, 0.05) is 26.2 Å². The van der Waals surface area contributed by atoms with Crippen LogP contribution >= 0.6 is 0 Å². The molecule has 0 unspecified atom stereocenters. The molecule has 0 amide bonds. The molecule has 2 rings (SSSR count). The number of benzene rings is 1. The molecular formula is C15H23NO3. The molecule has 4 nitrogen and oxygen atoms in total. The third-order valence-corrected chi connectivity index (χ3v) is 3.37. The van der Waals surface area contributed by atoms with Gasteiger partial charge in [-0.25, -0.2) is 0 Å². The van der Waals surface area contributed by atoms with E-state index in [1.165, 1.54) is 11.1 Å². The van der Waals surface area contributed by atoms with Crippen molar-refractivity contribution in [1.82, 2.24) is 0 Å². The van der Waals surface area contributed by atoms with Gasteiger partial charge in [0.2, 0.25) is 0 Å². The lowest BCUT2D eigenvalue weighted by atomic mass is 10.1. The Morgan fingerprint density at radius 2 is 2.11 bits per heavy atom. The van der Waals surface area contributed by atoms with Crippen LogP contribution in [-0.2, 0) is 15.9 Å². The zero-order chi connectivity index (χ0) is 13.5. The van der Waals surface area contributed by atoms with Crippen LogP contribution in [0.4, 0.5) is 0 Å². The van der Waals surface area contributed by atoms with Crippen LogP contribution in [0.5, 0.6) is 5.75 Å².